The van der Waals surface area contributed by atoms with Gasteiger partial charge in [-0.2, -0.15) is 0 Å². The molecule has 0 saturated heterocycles. The van der Waals surface area contributed by atoms with Crippen molar-refractivity contribution >= 4 is 35.0 Å². The van der Waals surface area contributed by atoms with Crippen LogP contribution in [-0.4, -0.2) is 23.5 Å². The standard InChI is InChI=1S/C30H37NO3S2/c1-7-8-24(25-13-14-26(36-25)29(34)31-16-15-27(32)33)35-23-17-19(2)28(20(3)18-23)21-9-11-22(12-10-21)30(4,5)6/h9-14,17-18,24H,7-8,15-16H2,1-6H3,(H,31,34)(H,32,33)/t24-/m1/s1. The maximum atomic E-state index is 12.4. The van der Waals surface area contributed by atoms with Crippen LogP contribution in [0.4, 0.5) is 0 Å². The fourth-order valence-electron chi connectivity index (χ4n) is 4.29. The van der Waals surface area contributed by atoms with Gasteiger partial charge in [0.1, 0.15) is 0 Å². The molecule has 0 aliphatic carbocycles. The van der Waals surface area contributed by atoms with Crippen LogP contribution in [0.2, 0.25) is 0 Å². The third-order valence-corrected chi connectivity index (χ3v) is 8.80. The van der Waals surface area contributed by atoms with Crippen LogP contribution in [0.5, 0.6) is 0 Å². The molecule has 1 amide bonds. The van der Waals surface area contributed by atoms with E-state index in [0.29, 0.717) is 4.88 Å². The van der Waals surface area contributed by atoms with Crippen molar-refractivity contribution in [3.63, 3.8) is 0 Å². The van der Waals surface area contributed by atoms with Gasteiger partial charge in [-0.25, -0.2) is 0 Å². The highest BCUT2D eigenvalue weighted by Gasteiger charge is 2.19. The monoisotopic (exact) mass is 523 g/mol. The van der Waals surface area contributed by atoms with Gasteiger partial charge in [-0.3, -0.25) is 9.59 Å². The third-order valence-electron chi connectivity index (χ3n) is 6.17. The summed E-state index contributed by atoms with van der Waals surface area (Å²) in [5.41, 5.74) is 6.54. The van der Waals surface area contributed by atoms with E-state index < -0.39 is 5.97 Å². The van der Waals surface area contributed by atoms with Crippen LogP contribution in [0.3, 0.4) is 0 Å². The van der Waals surface area contributed by atoms with Gasteiger partial charge in [0.15, 0.2) is 0 Å². The van der Waals surface area contributed by atoms with Gasteiger partial charge >= 0.3 is 5.97 Å². The lowest BCUT2D eigenvalue weighted by atomic mass is 9.85. The van der Waals surface area contributed by atoms with Crippen molar-refractivity contribution in [3.8, 4) is 11.1 Å². The van der Waals surface area contributed by atoms with E-state index in [1.165, 1.54) is 48.9 Å². The van der Waals surface area contributed by atoms with Crippen LogP contribution in [0.25, 0.3) is 11.1 Å². The number of hydrogen-bond acceptors (Lipinski definition) is 4. The Morgan fingerprint density at radius 3 is 2.22 bits per heavy atom. The summed E-state index contributed by atoms with van der Waals surface area (Å²) in [5.74, 6) is -1.12. The van der Waals surface area contributed by atoms with Crippen LogP contribution in [0.1, 0.15) is 83.4 Å². The molecule has 0 radical (unpaired) electrons. The van der Waals surface area contributed by atoms with Gasteiger partial charge in [0.2, 0.25) is 0 Å². The van der Waals surface area contributed by atoms with E-state index in [1.807, 2.05) is 23.9 Å². The van der Waals surface area contributed by atoms with Gasteiger partial charge in [-0.1, -0.05) is 58.4 Å². The van der Waals surface area contributed by atoms with Crippen LogP contribution >= 0.6 is 23.1 Å². The van der Waals surface area contributed by atoms with Crippen molar-refractivity contribution in [2.75, 3.05) is 6.54 Å². The highest BCUT2D eigenvalue weighted by atomic mass is 32.2. The fourth-order valence-corrected chi connectivity index (χ4v) is 6.88. The average molecular weight is 524 g/mol. The Morgan fingerprint density at radius 1 is 1.03 bits per heavy atom. The number of benzene rings is 2. The molecule has 4 nitrogen and oxygen atoms in total. The Labute approximate surface area is 223 Å². The number of amides is 1. The van der Waals surface area contributed by atoms with E-state index in [1.54, 1.807) is 0 Å². The van der Waals surface area contributed by atoms with E-state index in [2.05, 4.69) is 83.3 Å². The first-order chi connectivity index (χ1) is 17.0. The molecule has 3 aromatic rings. The number of carbonyl (C=O) groups is 2. The molecule has 6 heteroatoms. The number of carbonyl (C=O) groups excluding carboxylic acids is 1. The SMILES string of the molecule is CCC[C@@H](Sc1cc(C)c(-c2ccc(C(C)(C)C)cc2)c(C)c1)c1ccc(C(=O)NCCC(=O)O)s1. The van der Waals surface area contributed by atoms with Gasteiger partial charge in [-0.15, -0.1) is 23.1 Å². The molecule has 1 atom stereocenters. The summed E-state index contributed by atoms with van der Waals surface area (Å²) in [6, 6.07) is 17.4. The molecule has 1 heterocycles. The lowest BCUT2D eigenvalue weighted by molar-refractivity contribution is -0.136. The number of rotatable bonds is 10. The third kappa shape index (κ3) is 7.23. The molecule has 1 aromatic heterocycles. The number of hydrogen-bond donors (Lipinski definition) is 2. The van der Waals surface area contributed by atoms with Crippen molar-refractivity contribution in [1.29, 1.82) is 0 Å². The first kappa shape index (κ1) is 28.0. The molecule has 0 spiro atoms. The van der Waals surface area contributed by atoms with Crippen molar-refractivity contribution in [2.45, 2.75) is 76.4 Å². The maximum absolute atomic E-state index is 12.4. The Kier molecular flexibility index (Phi) is 9.42. The summed E-state index contributed by atoms with van der Waals surface area (Å²) in [7, 11) is 0. The number of carboxylic acid groups (broad SMARTS) is 1. The zero-order chi connectivity index (χ0) is 26.5. The van der Waals surface area contributed by atoms with Crippen molar-refractivity contribution in [3.05, 3.63) is 75.0 Å². The summed E-state index contributed by atoms with van der Waals surface area (Å²) >= 11 is 3.35. The first-order valence-corrected chi connectivity index (χ1v) is 14.2. The van der Waals surface area contributed by atoms with Gasteiger partial charge in [0.05, 0.1) is 11.3 Å². The van der Waals surface area contributed by atoms with Crippen molar-refractivity contribution in [1.82, 2.24) is 5.32 Å². The minimum absolute atomic E-state index is 0.0757. The van der Waals surface area contributed by atoms with Crippen LogP contribution in [-0.2, 0) is 10.2 Å². The lowest BCUT2D eigenvalue weighted by Gasteiger charge is -2.20. The first-order valence-electron chi connectivity index (χ1n) is 12.5. The molecule has 36 heavy (non-hydrogen) atoms. The van der Waals surface area contributed by atoms with E-state index in [9.17, 15) is 9.59 Å². The van der Waals surface area contributed by atoms with E-state index in [-0.39, 0.29) is 29.5 Å². The summed E-state index contributed by atoms with van der Waals surface area (Å²) in [6.07, 6.45) is 1.99. The Hall–Kier alpha value is -2.57. The Morgan fingerprint density at radius 2 is 1.67 bits per heavy atom. The number of thioether (sulfide) groups is 1. The molecular formula is C30H37NO3S2. The molecule has 2 N–H and O–H groups in total. The van der Waals surface area contributed by atoms with E-state index in [0.717, 1.165) is 12.8 Å². The topological polar surface area (TPSA) is 66.4 Å². The van der Waals surface area contributed by atoms with E-state index in [4.69, 9.17) is 5.11 Å². The quantitative estimate of drug-likeness (QED) is 0.263. The number of aliphatic carboxylic acids is 1. The molecule has 3 rings (SSSR count). The van der Waals surface area contributed by atoms with Crippen LogP contribution < -0.4 is 5.32 Å². The lowest BCUT2D eigenvalue weighted by Crippen LogP contribution is -2.25. The Balaban J connectivity index is 1.78. The molecule has 0 unspecified atom stereocenters. The minimum atomic E-state index is -0.917. The molecule has 2 aromatic carbocycles. The fraction of sp³-hybridized carbons (Fsp3) is 0.400. The predicted octanol–water partition coefficient (Wildman–Crippen LogP) is 8.17. The van der Waals surface area contributed by atoms with Gasteiger partial charge < -0.3 is 10.4 Å². The summed E-state index contributed by atoms with van der Waals surface area (Å²) in [5, 5.41) is 11.7. The highest BCUT2D eigenvalue weighted by molar-refractivity contribution is 7.99. The highest BCUT2D eigenvalue weighted by Crippen LogP contribution is 2.43. The van der Waals surface area contributed by atoms with E-state index >= 15 is 0 Å². The molecule has 192 valence electrons. The second-order valence-corrected chi connectivity index (χ2v) is 12.6. The average Bonchev–Trinajstić information content (AvgIpc) is 3.28. The molecule has 0 aliphatic heterocycles. The molecule has 0 aliphatic rings. The van der Waals surface area contributed by atoms with Gasteiger partial charge in [-0.05, 0) is 77.8 Å². The van der Waals surface area contributed by atoms with Crippen LogP contribution in [0.15, 0.2) is 53.4 Å². The molecule has 0 saturated carbocycles. The number of nitrogens with one attached hydrogen (secondary N) is 1. The zero-order valence-electron chi connectivity index (χ0n) is 22.1. The normalized spacial score (nSPS) is 12.4. The molecule has 0 fully saturated rings. The summed E-state index contributed by atoms with van der Waals surface area (Å²) in [4.78, 5) is 26.1. The second kappa shape index (κ2) is 12.1. The van der Waals surface area contributed by atoms with Gasteiger partial charge in [0, 0.05) is 21.6 Å². The number of thiophene rings is 1. The summed E-state index contributed by atoms with van der Waals surface area (Å²) in [6.45, 7) is 13.4. The van der Waals surface area contributed by atoms with Crippen LogP contribution in [0, 0.1) is 13.8 Å². The number of carboxylic acids is 1. The Bertz CT molecular complexity index is 1180. The zero-order valence-corrected chi connectivity index (χ0v) is 23.7. The smallest absolute Gasteiger partial charge is 0.305 e. The molecule has 0 bridgehead atoms. The van der Waals surface area contributed by atoms with Gasteiger partial charge in [0.25, 0.3) is 5.91 Å². The number of aryl methyl sites for hydroxylation is 2. The van der Waals surface area contributed by atoms with Crippen molar-refractivity contribution < 1.29 is 14.7 Å². The van der Waals surface area contributed by atoms with Crippen molar-refractivity contribution in [2.24, 2.45) is 0 Å². The maximum Gasteiger partial charge on any atom is 0.305 e. The summed E-state index contributed by atoms with van der Waals surface area (Å²) < 4.78 is 0. The predicted molar refractivity (Wildman–Crippen MR) is 152 cm³/mol. The minimum Gasteiger partial charge on any atom is -0.481 e. The second-order valence-electron chi connectivity index (χ2n) is 10.3. The molecular weight excluding hydrogens is 486 g/mol. The largest absolute Gasteiger partial charge is 0.481 e.